The van der Waals surface area contributed by atoms with Gasteiger partial charge in [-0.2, -0.15) is 0 Å². The maximum Gasteiger partial charge on any atom is 0.179 e. The second-order valence-corrected chi connectivity index (χ2v) is 18.6. The summed E-state index contributed by atoms with van der Waals surface area (Å²) in [5.74, 6) is 1.64. The molecule has 4 unspecified atom stereocenters. The molecular weight excluding hydrogens is 805 g/mol. The number of hydrogen-bond donors (Lipinski definition) is 0. The summed E-state index contributed by atoms with van der Waals surface area (Å²) in [6.07, 6.45) is 0.283. The molecule has 13 rings (SSSR count). The Morgan fingerprint density at radius 3 is 1.65 bits per heavy atom. The van der Waals surface area contributed by atoms with Crippen LogP contribution < -0.4 is 19.6 Å². The van der Waals surface area contributed by atoms with Crippen LogP contribution in [0.15, 0.2) is 201 Å². The zero-order valence-corrected chi connectivity index (χ0v) is 37.3. The second kappa shape index (κ2) is 14.5. The second-order valence-electron chi connectivity index (χ2n) is 18.6. The molecule has 4 aliphatic rings. The van der Waals surface area contributed by atoms with E-state index in [-0.39, 0.29) is 18.2 Å². The van der Waals surface area contributed by atoms with E-state index in [1.54, 1.807) is 0 Å². The minimum atomic E-state index is -0.454. The number of anilines is 8. The fraction of sp³-hybridized carbons (Fsp3) is 0.133. The minimum Gasteiger partial charge on any atom is -0.318 e. The van der Waals surface area contributed by atoms with Crippen molar-refractivity contribution < 1.29 is 0 Å². The molecule has 5 heterocycles. The van der Waals surface area contributed by atoms with Crippen molar-refractivity contribution >= 4 is 62.4 Å². The van der Waals surface area contributed by atoms with Gasteiger partial charge in [-0.25, -0.2) is 9.97 Å². The highest BCUT2D eigenvalue weighted by molar-refractivity contribution is 5.97. The third kappa shape index (κ3) is 5.54. The molecule has 0 spiro atoms. The SMILES string of the molecule is C=C1CC2(C)c3ccccc3N3c4nc5ccccc5nc4N(c4ccccc4)C3C2C2N(c3ccc(-c4ccccc4C)cc3)c3ccccc3N2c2ccc(-c3ccccc3C)cc21. The number of hydrogen-bond acceptors (Lipinski definition) is 6. The molecule has 0 N–H and O–H groups in total. The number of fused-ring (bicyclic) bond motifs is 15. The number of nitrogens with zero attached hydrogens (tertiary/aromatic N) is 6. The topological polar surface area (TPSA) is 38.7 Å². The Labute approximate surface area is 386 Å². The highest BCUT2D eigenvalue weighted by Crippen LogP contribution is 2.65. The first kappa shape index (κ1) is 38.5. The van der Waals surface area contributed by atoms with Crippen molar-refractivity contribution in [1.82, 2.24) is 9.97 Å². The van der Waals surface area contributed by atoms with E-state index in [0.717, 1.165) is 57.4 Å². The lowest BCUT2D eigenvalue weighted by atomic mass is 9.61. The molecule has 0 radical (unpaired) electrons. The molecule has 0 aliphatic carbocycles. The molecule has 6 nitrogen and oxygen atoms in total. The van der Waals surface area contributed by atoms with Crippen molar-refractivity contribution in [1.29, 1.82) is 0 Å². The van der Waals surface area contributed by atoms with Crippen LogP contribution in [0.2, 0.25) is 0 Å². The fourth-order valence-corrected chi connectivity index (χ4v) is 12.0. The molecule has 6 heteroatoms. The van der Waals surface area contributed by atoms with E-state index in [1.807, 2.05) is 0 Å². The predicted octanol–water partition coefficient (Wildman–Crippen LogP) is 14.8. The van der Waals surface area contributed by atoms with Crippen LogP contribution in [0.25, 0.3) is 38.9 Å². The first-order chi connectivity index (χ1) is 32.4. The molecule has 4 aliphatic heterocycles. The highest BCUT2D eigenvalue weighted by atomic mass is 15.5. The highest BCUT2D eigenvalue weighted by Gasteiger charge is 2.63. The van der Waals surface area contributed by atoms with Gasteiger partial charge < -0.3 is 19.6 Å². The summed E-state index contributed by atoms with van der Waals surface area (Å²) in [4.78, 5) is 21.4. The number of aromatic nitrogens is 2. The van der Waals surface area contributed by atoms with Crippen LogP contribution in [-0.4, -0.2) is 22.3 Å². The zero-order valence-electron chi connectivity index (χ0n) is 37.3. The Balaban J connectivity index is 1.12. The lowest BCUT2D eigenvalue weighted by Gasteiger charge is -2.57. The number of rotatable bonds is 4. The lowest BCUT2D eigenvalue weighted by Crippen LogP contribution is -2.65. The van der Waals surface area contributed by atoms with E-state index in [2.05, 4.69) is 234 Å². The summed E-state index contributed by atoms with van der Waals surface area (Å²) in [7, 11) is 0. The molecule has 8 aromatic carbocycles. The molecule has 318 valence electrons. The van der Waals surface area contributed by atoms with Gasteiger partial charge in [-0.15, -0.1) is 0 Å². The van der Waals surface area contributed by atoms with Gasteiger partial charge >= 0.3 is 0 Å². The summed E-state index contributed by atoms with van der Waals surface area (Å²) in [6.45, 7) is 12.0. The van der Waals surface area contributed by atoms with Gasteiger partial charge in [0.25, 0.3) is 0 Å². The Morgan fingerprint density at radius 1 is 0.455 bits per heavy atom. The average Bonchev–Trinajstić information content (AvgIpc) is 3.86. The van der Waals surface area contributed by atoms with Crippen LogP contribution in [0.3, 0.4) is 0 Å². The third-order valence-corrected chi connectivity index (χ3v) is 14.9. The molecule has 0 bridgehead atoms. The average molecular weight is 853 g/mol. The molecule has 0 amide bonds. The standard InChI is InChI=1S/C60H48N6/c1-38-18-8-10-22-45(38)41-30-33-44(34-31-41)63-53-28-16-17-29-54(53)65-51-35-32-42(46-23-11-9-19-39(46)2)36-47(51)40(3)37-60(4)48-24-12-15-27-52(48)66-57-56(61-49-25-13-14-26-50(49)62-57)64(43-20-6-5-7-21-43)59(66)55(60)58(63)65/h5-36,55,58-59H,3,37H2,1-2,4H3. The van der Waals surface area contributed by atoms with Gasteiger partial charge in [-0.05, 0) is 132 Å². The van der Waals surface area contributed by atoms with Crippen LogP contribution in [0.1, 0.15) is 35.6 Å². The molecule has 1 aromatic heterocycles. The van der Waals surface area contributed by atoms with Crippen LogP contribution in [0.5, 0.6) is 0 Å². The van der Waals surface area contributed by atoms with Crippen molar-refractivity contribution in [2.75, 3.05) is 19.6 Å². The molecule has 9 aromatic rings. The maximum atomic E-state index is 5.54. The van der Waals surface area contributed by atoms with E-state index < -0.39 is 5.41 Å². The third-order valence-electron chi connectivity index (χ3n) is 14.9. The Kier molecular flexibility index (Phi) is 8.47. The Morgan fingerprint density at radius 2 is 0.970 bits per heavy atom. The van der Waals surface area contributed by atoms with Crippen LogP contribution in [0.4, 0.5) is 45.8 Å². The Bertz CT molecular complexity index is 3420. The smallest absolute Gasteiger partial charge is 0.179 e. The van der Waals surface area contributed by atoms with Crippen LogP contribution in [-0.2, 0) is 5.41 Å². The number of allylic oxidation sites excluding steroid dienone is 1. The van der Waals surface area contributed by atoms with E-state index in [9.17, 15) is 0 Å². The van der Waals surface area contributed by atoms with E-state index in [4.69, 9.17) is 16.5 Å². The maximum absolute atomic E-state index is 5.54. The van der Waals surface area contributed by atoms with E-state index in [1.165, 1.54) is 55.9 Å². The number of benzene rings is 8. The van der Waals surface area contributed by atoms with Crippen molar-refractivity contribution in [3.05, 3.63) is 223 Å². The molecule has 4 atom stereocenters. The molecular formula is C60H48N6. The normalized spacial score (nSPS) is 20.1. The van der Waals surface area contributed by atoms with Gasteiger partial charge in [0.2, 0.25) is 0 Å². The summed E-state index contributed by atoms with van der Waals surface area (Å²) in [5.41, 5.74) is 19.2. The monoisotopic (exact) mass is 852 g/mol. The van der Waals surface area contributed by atoms with Crippen LogP contribution >= 0.6 is 0 Å². The number of para-hydroxylation sites is 6. The van der Waals surface area contributed by atoms with E-state index >= 15 is 0 Å². The summed E-state index contributed by atoms with van der Waals surface area (Å²) in [5, 5.41) is 0. The lowest BCUT2D eigenvalue weighted by molar-refractivity contribution is 0.203. The molecule has 66 heavy (non-hydrogen) atoms. The fourth-order valence-electron chi connectivity index (χ4n) is 12.0. The van der Waals surface area contributed by atoms with Crippen molar-refractivity contribution in [3.8, 4) is 22.3 Å². The predicted molar refractivity (Wildman–Crippen MR) is 273 cm³/mol. The molecule has 0 saturated heterocycles. The quantitative estimate of drug-likeness (QED) is 0.176. The van der Waals surface area contributed by atoms with Gasteiger partial charge in [0, 0.05) is 34.0 Å². The van der Waals surface area contributed by atoms with Gasteiger partial charge in [0.05, 0.1) is 28.1 Å². The summed E-state index contributed by atoms with van der Waals surface area (Å²) >= 11 is 0. The van der Waals surface area contributed by atoms with Crippen molar-refractivity contribution in [2.24, 2.45) is 5.92 Å². The van der Waals surface area contributed by atoms with E-state index in [0.29, 0.717) is 0 Å². The molecule has 0 saturated carbocycles. The van der Waals surface area contributed by atoms with Gasteiger partial charge in [0.15, 0.2) is 11.6 Å². The summed E-state index contributed by atoms with van der Waals surface area (Å²) < 4.78 is 0. The van der Waals surface area contributed by atoms with Crippen molar-refractivity contribution in [2.45, 2.75) is 44.9 Å². The molecule has 0 fully saturated rings. The van der Waals surface area contributed by atoms with Gasteiger partial charge in [-0.1, -0.05) is 141 Å². The van der Waals surface area contributed by atoms with Gasteiger partial charge in [-0.3, -0.25) is 0 Å². The first-order valence-corrected chi connectivity index (χ1v) is 23.1. The summed E-state index contributed by atoms with van der Waals surface area (Å²) in [6, 6.07) is 71.0. The minimum absolute atomic E-state index is 0.101. The largest absolute Gasteiger partial charge is 0.318 e. The van der Waals surface area contributed by atoms with Crippen LogP contribution in [0, 0.1) is 19.8 Å². The zero-order chi connectivity index (χ0) is 44.3. The van der Waals surface area contributed by atoms with Gasteiger partial charge in [0.1, 0.15) is 12.3 Å². The first-order valence-electron chi connectivity index (χ1n) is 23.1. The number of aryl methyl sites for hydroxylation is 2. The van der Waals surface area contributed by atoms with Crippen molar-refractivity contribution in [3.63, 3.8) is 0 Å². The Hall–Kier alpha value is -7.96.